The van der Waals surface area contributed by atoms with Gasteiger partial charge in [-0.15, -0.1) is 0 Å². The molecule has 7 N–H and O–H groups in total. The molecule has 17 nitrogen and oxygen atoms in total. The van der Waals surface area contributed by atoms with E-state index in [0.29, 0.717) is 30.1 Å². The summed E-state index contributed by atoms with van der Waals surface area (Å²) >= 11 is 0. The molecule has 4 aliphatic carbocycles. The van der Waals surface area contributed by atoms with Gasteiger partial charge >= 0.3 is 5.97 Å². The number of esters is 1. The minimum Gasteiger partial charge on any atom is -0.454 e. The van der Waals surface area contributed by atoms with Crippen molar-refractivity contribution in [2.45, 2.75) is 210 Å². The predicted molar refractivity (Wildman–Crippen MR) is 218 cm³/mol. The van der Waals surface area contributed by atoms with Gasteiger partial charge in [0.2, 0.25) is 0 Å². The molecule has 26 atom stereocenters. The third-order valence-electron chi connectivity index (χ3n) is 17.6. The van der Waals surface area contributed by atoms with Gasteiger partial charge in [-0.05, 0) is 87.4 Å². The van der Waals surface area contributed by atoms with E-state index in [1.807, 2.05) is 0 Å². The number of rotatable bonds is 7. The van der Waals surface area contributed by atoms with Gasteiger partial charge in [-0.3, -0.25) is 4.79 Å². The van der Waals surface area contributed by atoms with E-state index >= 15 is 0 Å². The van der Waals surface area contributed by atoms with Crippen molar-refractivity contribution in [2.75, 3.05) is 13.2 Å². The summed E-state index contributed by atoms with van der Waals surface area (Å²) in [5.74, 6) is 0.791. The number of hydrogen-bond donors (Lipinski definition) is 7. The second-order valence-corrected chi connectivity index (χ2v) is 21.3. The Kier molecular flexibility index (Phi) is 12.8. The second kappa shape index (κ2) is 17.3. The van der Waals surface area contributed by atoms with Gasteiger partial charge in [-0.25, -0.2) is 0 Å². The Labute approximate surface area is 369 Å². The summed E-state index contributed by atoms with van der Waals surface area (Å²) in [5.41, 5.74) is 0.623. The van der Waals surface area contributed by atoms with Gasteiger partial charge < -0.3 is 78.4 Å². The Morgan fingerprint density at radius 1 is 0.746 bits per heavy atom. The molecular weight excluding hydrogens is 824 g/mol. The Morgan fingerprint density at radius 2 is 1.44 bits per heavy atom. The van der Waals surface area contributed by atoms with Crippen LogP contribution in [0.3, 0.4) is 0 Å². The third-order valence-corrected chi connectivity index (χ3v) is 17.6. The van der Waals surface area contributed by atoms with Crippen LogP contribution in [0.2, 0.25) is 0 Å². The van der Waals surface area contributed by atoms with E-state index in [-0.39, 0.29) is 36.4 Å². The van der Waals surface area contributed by atoms with E-state index in [9.17, 15) is 40.5 Å². The number of ether oxygens (including phenoxy) is 9. The van der Waals surface area contributed by atoms with Crippen molar-refractivity contribution < 1.29 is 83.2 Å². The molecule has 9 rings (SSSR count). The van der Waals surface area contributed by atoms with Gasteiger partial charge in [0.25, 0.3) is 0 Å². The summed E-state index contributed by atoms with van der Waals surface area (Å²) in [4.78, 5) is 12.3. The highest BCUT2D eigenvalue weighted by Gasteiger charge is 2.70. The van der Waals surface area contributed by atoms with E-state index in [1.54, 1.807) is 6.92 Å². The molecule has 0 aromatic heterocycles. The molecule has 8 fully saturated rings. The van der Waals surface area contributed by atoms with Crippen LogP contribution in [0.4, 0.5) is 0 Å². The lowest BCUT2D eigenvalue weighted by Crippen LogP contribution is -2.66. The van der Waals surface area contributed by atoms with Gasteiger partial charge in [-0.2, -0.15) is 0 Å². The molecule has 0 unspecified atom stereocenters. The zero-order valence-electron chi connectivity index (χ0n) is 37.6. The van der Waals surface area contributed by atoms with Crippen molar-refractivity contribution in [3.8, 4) is 0 Å². The lowest BCUT2D eigenvalue weighted by Gasteiger charge is -2.60. The first kappa shape index (κ1) is 46.7. The number of fused-ring (bicyclic) bond motifs is 7. The number of carbonyl (C=O) groups excluding carboxylic acids is 1. The zero-order chi connectivity index (χ0) is 45.1. The van der Waals surface area contributed by atoms with Crippen LogP contribution in [-0.4, -0.2) is 165 Å². The normalized spacial score (nSPS) is 56.8. The molecule has 0 aromatic carbocycles. The van der Waals surface area contributed by atoms with Crippen LogP contribution in [0.1, 0.15) is 99.8 Å². The average molecular weight is 897 g/mol. The van der Waals surface area contributed by atoms with Crippen LogP contribution >= 0.6 is 0 Å². The first-order valence-electron chi connectivity index (χ1n) is 23.6. The lowest BCUT2D eigenvalue weighted by atomic mass is 9.46. The molecule has 0 bridgehead atoms. The number of aliphatic hydroxyl groups excluding tert-OH is 7. The summed E-state index contributed by atoms with van der Waals surface area (Å²) < 4.78 is 57.1. The van der Waals surface area contributed by atoms with E-state index in [2.05, 4.69) is 33.8 Å². The lowest BCUT2D eigenvalue weighted by molar-refractivity contribution is -0.391. The summed E-state index contributed by atoms with van der Waals surface area (Å²) in [6.07, 6.45) is -12.3. The Balaban J connectivity index is 1.02. The fourth-order valence-electron chi connectivity index (χ4n) is 14.1. The van der Waals surface area contributed by atoms with E-state index < -0.39 is 115 Å². The maximum absolute atomic E-state index is 12.3. The van der Waals surface area contributed by atoms with Gasteiger partial charge in [-0.1, -0.05) is 39.3 Å². The second-order valence-electron chi connectivity index (χ2n) is 21.3. The van der Waals surface area contributed by atoms with Gasteiger partial charge in [0.15, 0.2) is 30.8 Å². The molecule has 9 aliphatic rings. The number of hydrogen-bond acceptors (Lipinski definition) is 17. The largest absolute Gasteiger partial charge is 0.454 e. The maximum Gasteiger partial charge on any atom is 0.303 e. The molecule has 17 heteroatoms. The fraction of sp³-hybridized carbons (Fsp3) is 0.935. The first-order valence-corrected chi connectivity index (χ1v) is 23.6. The summed E-state index contributed by atoms with van der Waals surface area (Å²) in [7, 11) is 0. The van der Waals surface area contributed by atoms with E-state index in [4.69, 9.17) is 42.6 Å². The molecule has 358 valence electrons. The fourth-order valence-corrected chi connectivity index (χ4v) is 14.1. The molecule has 5 heterocycles. The number of carbonyl (C=O) groups is 1. The zero-order valence-corrected chi connectivity index (χ0v) is 37.6. The molecular formula is C46H72O17. The highest BCUT2D eigenvalue weighted by Crippen LogP contribution is 2.71. The first-order chi connectivity index (χ1) is 29.8. The van der Waals surface area contributed by atoms with Crippen molar-refractivity contribution >= 4 is 5.97 Å². The van der Waals surface area contributed by atoms with Gasteiger partial charge in [0, 0.05) is 31.1 Å². The topological polar surface area (TPSA) is 242 Å². The minimum absolute atomic E-state index is 0.0537. The number of aliphatic hydroxyl groups is 7. The van der Waals surface area contributed by atoms with Crippen LogP contribution in [0.15, 0.2) is 11.6 Å². The third kappa shape index (κ3) is 7.78. The van der Waals surface area contributed by atoms with Crippen molar-refractivity contribution in [2.24, 2.45) is 46.3 Å². The Morgan fingerprint density at radius 3 is 2.14 bits per heavy atom. The molecule has 0 radical (unpaired) electrons. The van der Waals surface area contributed by atoms with Crippen LogP contribution < -0.4 is 0 Å². The van der Waals surface area contributed by atoms with Gasteiger partial charge in [0.05, 0.1) is 43.7 Å². The predicted octanol–water partition coefficient (Wildman–Crippen LogP) is 1.42. The number of allylic oxidation sites excluding steroid dienone is 1. The summed E-state index contributed by atoms with van der Waals surface area (Å²) in [5, 5.41) is 76.8. The Bertz CT molecular complexity index is 1690. The van der Waals surface area contributed by atoms with Crippen LogP contribution in [0.25, 0.3) is 0 Å². The standard InChI is InChI=1S/C46H72O17/c1-19-10-13-46(56-17-19)20(2)32-30(63-46)16-28-26-9-8-24-14-25(48)15-31(45(24,7)27(26)11-12-44(28,32)6)60-43-40(62-42-39(59-23(5)47)36(53)33(50)21(3)57-42)38(34(51)22(4)58-43)61-41-37(54)35(52)29(49)18-55-41/h8,19-22,25-43,48-54H,9-18H2,1-7H3/t19-,20-,21-,22+,25+,26+,27-,28-,29+,30-,31+,32-,33-,34-,35-,36+,37+,38-,39+,40+,41-,42-,43-,44-,45-,46+/m0/s1. The smallest absolute Gasteiger partial charge is 0.303 e. The van der Waals surface area contributed by atoms with Crippen LogP contribution in [0.5, 0.6) is 0 Å². The maximum atomic E-state index is 12.3. The summed E-state index contributed by atoms with van der Waals surface area (Å²) in [6, 6.07) is 0. The quantitative estimate of drug-likeness (QED) is 0.141. The van der Waals surface area contributed by atoms with Crippen LogP contribution in [0, 0.1) is 46.3 Å². The van der Waals surface area contributed by atoms with Crippen molar-refractivity contribution in [3.05, 3.63) is 11.6 Å². The molecule has 5 saturated heterocycles. The van der Waals surface area contributed by atoms with Crippen LogP contribution in [-0.2, 0) is 47.4 Å². The summed E-state index contributed by atoms with van der Waals surface area (Å²) in [6.45, 7) is 13.9. The van der Waals surface area contributed by atoms with E-state index in [1.165, 1.54) is 6.92 Å². The average Bonchev–Trinajstić information content (AvgIpc) is 3.68. The molecule has 0 amide bonds. The van der Waals surface area contributed by atoms with Crippen molar-refractivity contribution in [3.63, 3.8) is 0 Å². The molecule has 5 aliphatic heterocycles. The van der Waals surface area contributed by atoms with E-state index in [0.717, 1.165) is 57.6 Å². The monoisotopic (exact) mass is 896 g/mol. The molecule has 1 spiro atoms. The molecule has 3 saturated carbocycles. The van der Waals surface area contributed by atoms with Crippen molar-refractivity contribution in [1.29, 1.82) is 0 Å². The minimum atomic E-state index is -1.72. The highest BCUT2D eigenvalue weighted by molar-refractivity contribution is 5.66. The SMILES string of the molecule is CC(=O)O[C@H]1[C@H](O[C@H]2[C@H](O[C@@H]3C[C@H](O)CC4=CC[C@H]5[C@@H]6C[C@@H]7O[C@]8(CC[C@H](C)CO8)[C@@H](C)[C@@H]7[C@@]6(C)CC[C@@H]5[C@]43C)O[C@H](C)[C@H](O)[C@@H]2O[C@@H]2OC[C@@H](O)[C@H](O)[C@H]2O)O[C@@H](C)[C@H](O)[C@H]1O. The highest BCUT2D eigenvalue weighted by atomic mass is 16.8. The Hall–Kier alpha value is -1.39. The van der Waals surface area contributed by atoms with Gasteiger partial charge in [0.1, 0.15) is 48.8 Å². The van der Waals surface area contributed by atoms with Crippen molar-refractivity contribution in [1.82, 2.24) is 0 Å². The molecule has 63 heavy (non-hydrogen) atoms. The molecule has 0 aromatic rings.